The largest absolute Gasteiger partial charge is 0.387 e. The highest BCUT2D eigenvalue weighted by Gasteiger charge is 2.31. The van der Waals surface area contributed by atoms with E-state index in [1.165, 1.54) is 0 Å². The topological polar surface area (TPSA) is 49.4 Å². The predicted molar refractivity (Wildman–Crippen MR) is 73.1 cm³/mol. The van der Waals surface area contributed by atoms with Crippen LogP contribution in [0, 0.1) is 5.92 Å². The number of hydrogen-bond acceptors (Lipinski definition) is 3. The number of sulfonamides is 1. The second kappa shape index (κ2) is 5.28. The maximum atomic E-state index is 12.6. The van der Waals surface area contributed by atoms with Crippen LogP contribution in [0.3, 0.4) is 0 Å². The van der Waals surface area contributed by atoms with Gasteiger partial charge in [0.15, 0.2) is 0 Å². The Kier molecular flexibility index (Phi) is 3.92. The van der Waals surface area contributed by atoms with Crippen LogP contribution in [0.2, 0.25) is 0 Å². The highest BCUT2D eigenvalue weighted by molar-refractivity contribution is 7.89. The molecule has 0 bridgehead atoms. The molecule has 0 radical (unpaired) electrons. The Bertz CT molecular complexity index is 509. The molecule has 18 heavy (non-hydrogen) atoms. The van der Waals surface area contributed by atoms with Gasteiger partial charge in [-0.25, -0.2) is 8.42 Å². The van der Waals surface area contributed by atoms with E-state index in [1.54, 1.807) is 29.6 Å². The minimum Gasteiger partial charge on any atom is -0.387 e. The van der Waals surface area contributed by atoms with Gasteiger partial charge in [0.25, 0.3) is 0 Å². The molecule has 100 valence electrons. The Morgan fingerprint density at radius 3 is 2.56 bits per heavy atom. The first-order valence-corrected chi connectivity index (χ1v) is 7.80. The van der Waals surface area contributed by atoms with Crippen LogP contribution in [-0.2, 0) is 10.0 Å². The van der Waals surface area contributed by atoms with Gasteiger partial charge in [0, 0.05) is 20.1 Å². The molecule has 0 unspecified atom stereocenters. The minimum absolute atomic E-state index is 0.370. The summed E-state index contributed by atoms with van der Waals surface area (Å²) in [5.41, 5.74) is 0.659. The third-order valence-electron chi connectivity index (χ3n) is 3.29. The third kappa shape index (κ3) is 2.67. The summed E-state index contributed by atoms with van der Waals surface area (Å²) >= 11 is 0. The van der Waals surface area contributed by atoms with Crippen LogP contribution in [0.5, 0.6) is 0 Å². The van der Waals surface area contributed by atoms with Crippen LogP contribution < -0.4 is 5.32 Å². The molecule has 0 spiro atoms. The standard InChI is InChI=1S/C13H20N2O2S/c1-3-15(10-11-8-9-11)18(16,17)13-7-5-4-6-12(13)14-2/h4-7,11,14H,3,8-10H2,1-2H3. The van der Waals surface area contributed by atoms with E-state index in [9.17, 15) is 8.42 Å². The molecule has 0 atom stereocenters. The maximum Gasteiger partial charge on any atom is 0.245 e. The number of nitrogens with one attached hydrogen (secondary N) is 1. The summed E-state index contributed by atoms with van der Waals surface area (Å²) in [6, 6.07) is 7.05. The van der Waals surface area contributed by atoms with Crippen molar-refractivity contribution >= 4 is 15.7 Å². The Morgan fingerprint density at radius 2 is 2.00 bits per heavy atom. The lowest BCUT2D eigenvalue weighted by Crippen LogP contribution is -2.33. The van der Waals surface area contributed by atoms with E-state index in [4.69, 9.17) is 0 Å². The Labute approximate surface area is 109 Å². The summed E-state index contributed by atoms with van der Waals surface area (Å²) in [5.74, 6) is 0.557. The lowest BCUT2D eigenvalue weighted by atomic mass is 10.3. The molecular formula is C13H20N2O2S. The van der Waals surface area contributed by atoms with Crippen molar-refractivity contribution in [1.29, 1.82) is 0 Å². The van der Waals surface area contributed by atoms with Gasteiger partial charge >= 0.3 is 0 Å². The summed E-state index contributed by atoms with van der Waals surface area (Å²) in [6.07, 6.45) is 2.30. The molecule has 0 heterocycles. The third-order valence-corrected chi connectivity index (χ3v) is 5.28. The van der Waals surface area contributed by atoms with Gasteiger partial charge in [0.05, 0.1) is 5.69 Å². The molecule has 0 aromatic heterocycles. The second-order valence-electron chi connectivity index (χ2n) is 4.65. The summed E-state index contributed by atoms with van der Waals surface area (Å²) in [6.45, 7) is 3.07. The molecule has 1 saturated carbocycles. The van der Waals surface area contributed by atoms with Crippen LogP contribution in [0.4, 0.5) is 5.69 Å². The minimum atomic E-state index is -3.38. The van der Waals surface area contributed by atoms with Crippen molar-refractivity contribution in [3.8, 4) is 0 Å². The van der Waals surface area contributed by atoms with E-state index in [-0.39, 0.29) is 0 Å². The molecule has 2 rings (SSSR count). The number of anilines is 1. The average Bonchev–Trinajstić information content (AvgIpc) is 3.19. The van der Waals surface area contributed by atoms with E-state index in [0.29, 0.717) is 29.6 Å². The summed E-state index contributed by atoms with van der Waals surface area (Å²) in [4.78, 5) is 0.370. The van der Waals surface area contributed by atoms with Gasteiger partial charge in [-0.2, -0.15) is 4.31 Å². The molecule has 1 aromatic rings. The zero-order valence-corrected chi connectivity index (χ0v) is 11.7. The quantitative estimate of drug-likeness (QED) is 0.860. The molecule has 0 saturated heterocycles. The van der Waals surface area contributed by atoms with Gasteiger partial charge in [-0.05, 0) is 30.9 Å². The first kappa shape index (κ1) is 13.4. The molecule has 1 N–H and O–H groups in total. The van der Waals surface area contributed by atoms with E-state index >= 15 is 0 Å². The number of rotatable bonds is 6. The Morgan fingerprint density at radius 1 is 1.33 bits per heavy atom. The molecule has 0 aliphatic heterocycles. The van der Waals surface area contributed by atoms with Crippen molar-refractivity contribution in [2.24, 2.45) is 5.92 Å². The Balaban J connectivity index is 2.32. The lowest BCUT2D eigenvalue weighted by Gasteiger charge is -2.21. The van der Waals surface area contributed by atoms with Crippen LogP contribution in [0.1, 0.15) is 19.8 Å². The maximum absolute atomic E-state index is 12.6. The van der Waals surface area contributed by atoms with Crippen molar-refractivity contribution in [2.75, 3.05) is 25.5 Å². The van der Waals surface area contributed by atoms with E-state index in [0.717, 1.165) is 12.8 Å². The number of hydrogen-bond donors (Lipinski definition) is 1. The summed E-state index contributed by atoms with van der Waals surface area (Å²) < 4.78 is 26.8. The van der Waals surface area contributed by atoms with Gasteiger partial charge < -0.3 is 5.32 Å². The molecular weight excluding hydrogens is 248 g/mol. The predicted octanol–water partition coefficient (Wildman–Crippen LogP) is 2.15. The van der Waals surface area contributed by atoms with E-state index in [1.807, 2.05) is 13.0 Å². The second-order valence-corrected chi connectivity index (χ2v) is 6.55. The Hall–Kier alpha value is -1.07. The van der Waals surface area contributed by atoms with Crippen LogP contribution in [-0.4, -0.2) is 32.9 Å². The van der Waals surface area contributed by atoms with Crippen LogP contribution in [0.15, 0.2) is 29.2 Å². The average molecular weight is 268 g/mol. The van der Waals surface area contributed by atoms with Gasteiger partial charge in [-0.15, -0.1) is 0 Å². The highest BCUT2D eigenvalue weighted by atomic mass is 32.2. The van der Waals surface area contributed by atoms with Crippen LogP contribution >= 0.6 is 0 Å². The molecule has 1 fully saturated rings. The first-order chi connectivity index (χ1) is 8.59. The van der Waals surface area contributed by atoms with Gasteiger partial charge in [0.2, 0.25) is 10.0 Å². The zero-order valence-electron chi connectivity index (χ0n) is 10.9. The molecule has 5 heteroatoms. The van der Waals surface area contributed by atoms with Crippen molar-refractivity contribution < 1.29 is 8.42 Å². The number of para-hydroxylation sites is 1. The summed E-state index contributed by atoms with van der Waals surface area (Å²) in [7, 11) is -1.64. The van der Waals surface area contributed by atoms with Crippen molar-refractivity contribution in [3.05, 3.63) is 24.3 Å². The zero-order chi connectivity index (χ0) is 13.2. The fourth-order valence-corrected chi connectivity index (χ4v) is 3.75. The highest BCUT2D eigenvalue weighted by Crippen LogP contribution is 2.32. The first-order valence-electron chi connectivity index (χ1n) is 6.36. The fourth-order valence-electron chi connectivity index (χ4n) is 2.02. The van der Waals surface area contributed by atoms with Gasteiger partial charge in [-0.3, -0.25) is 0 Å². The number of nitrogens with zero attached hydrogens (tertiary/aromatic N) is 1. The summed E-state index contributed by atoms with van der Waals surface area (Å²) in [5, 5.41) is 2.94. The van der Waals surface area contributed by atoms with E-state index in [2.05, 4.69) is 5.32 Å². The molecule has 0 amide bonds. The van der Waals surface area contributed by atoms with Crippen molar-refractivity contribution in [2.45, 2.75) is 24.7 Å². The monoisotopic (exact) mass is 268 g/mol. The van der Waals surface area contributed by atoms with Gasteiger partial charge in [0.1, 0.15) is 4.90 Å². The van der Waals surface area contributed by atoms with Gasteiger partial charge in [-0.1, -0.05) is 19.1 Å². The SMILES string of the molecule is CCN(CC1CC1)S(=O)(=O)c1ccccc1NC. The van der Waals surface area contributed by atoms with Crippen molar-refractivity contribution in [3.63, 3.8) is 0 Å². The molecule has 1 aliphatic rings. The smallest absolute Gasteiger partial charge is 0.245 e. The molecule has 1 aromatic carbocycles. The molecule has 1 aliphatic carbocycles. The lowest BCUT2D eigenvalue weighted by molar-refractivity contribution is 0.412. The normalized spacial score (nSPS) is 15.9. The van der Waals surface area contributed by atoms with Crippen LogP contribution in [0.25, 0.3) is 0 Å². The number of benzene rings is 1. The van der Waals surface area contributed by atoms with Crippen molar-refractivity contribution in [1.82, 2.24) is 4.31 Å². The van der Waals surface area contributed by atoms with E-state index < -0.39 is 10.0 Å². The molecule has 4 nitrogen and oxygen atoms in total. The fraction of sp³-hybridized carbons (Fsp3) is 0.538.